The predicted molar refractivity (Wildman–Crippen MR) is 61.5 cm³/mol. The van der Waals surface area contributed by atoms with E-state index < -0.39 is 34.5 Å². The van der Waals surface area contributed by atoms with Crippen molar-refractivity contribution in [2.75, 3.05) is 11.9 Å². The van der Waals surface area contributed by atoms with E-state index in [0.717, 1.165) is 12.3 Å². The second-order valence-electron chi connectivity index (χ2n) is 3.64. The summed E-state index contributed by atoms with van der Waals surface area (Å²) in [6.07, 6.45) is 0.834. The van der Waals surface area contributed by atoms with Crippen molar-refractivity contribution in [3.63, 3.8) is 0 Å². The molecule has 3 nitrogen and oxygen atoms in total. The van der Waals surface area contributed by atoms with Crippen LogP contribution in [0.1, 0.15) is 6.92 Å². The zero-order valence-electron chi connectivity index (χ0n) is 9.85. The molecule has 0 saturated heterocycles. The molecule has 7 heteroatoms. The van der Waals surface area contributed by atoms with Gasteiger partial charge in [0.25, 0.3) is 0 Å². The van der Waals surface area contributed by atoms with Gasteiger partial charge in [-0.2, -0.15) is 0 Å². The van der Waals surface area contributed by atoms with Crippen LogP contribution in [0.15, 0.2) is 18.3 Å². The Kier molecular flexibility index (Phi) is 3.64. The summed E-state index contributed by atoms with van der Waals surface area (Å²) in [5.74, 6) is -5.35. The van der Waals surface area contributed by atoms with E-state index >= 15 is 0 Å². The van der Waals surface area contributed by atoms with E-state index in [-0.39, 0.29) is 5.95 Å². The third kappa shape index (κ3) is 2.49. The van der Waals surface area contributed by atoms with Crippen molar-refractivity contribution in [3.8, 4) is 11.3 Å². The van der Waals surface area contributed by atoms with E-state index in [9.17, 15) is 17.6 Å². The van der Waals surface area contributed by atoms with E-state index in [2.05, 4.69) is 15.3 Å². The number of benzene rings is 1. The molecule has 0 fully saturated rings. The molecule has 0 aliphatic carbocycles. The highest BCUT2D eigenvalue weighted by atomic mass is 19.2. The van der Waals surface area contributed by atoms with E-state index in [0.29, 0.717) is 12.6 Å². The van der Waals surface area contributed by atoms with Gasteiger partial charge in [-0.1, -0.05) is 0 Å². The minimum Gasteiger partial charge on any atom is -0.354 e. The van der Waals surface area contributed by atoms with E-state index in [1.54, 1.807) is 6.92 Å². The molecule has 0 aliphatic rings. The maximum absolute atomic E-state index is 13.6. The number of aromatic nitrogens is 2. The minimum absolute atomic E-state index is 0.0723. The highest BCUT2D eigenvalue weighted by molar-refractivity contribution is 5.61. The molecule has 19 heavy (non-hydrogen) atoms. The summed E-state index contributed by atoms with van der Waals surface area (Å²) < 4.78 is 53.1. The Morgan fingerprint density at radius 3 is 2.47 bits per heavy atom. The Hall–Kier alpha value is -2.18. The van der Waals surface area contributed by atoms with Crippen molar-refractivity contribution in [1.82, 2.24) is 9.97 Å². The highest BCUT2D eigenvalue weighted by Crippen LogP contribution is 2.26. The molecule has 1 N–H and O–H groups in total. The molecule has 2 rings (SSSR count). The second-order valence-corrected chi connectivity index (χ2v) is 3.64. The fourth-order valence-corrected chi connectivity index (χ4v) is 1.51. The van der Waals surface area contributed by atoms with E-state index in [4.69, 9.17) is 0 Å². The molecule has 1 heterocycles. The zero-order chi connectivity index (χ0) is 14.0. The van der Waals surface area contributed by atoms with Crippen LogP contribution in [0.2, 0.25) is 0 Å². The van der Waals surface area contributed by atoms with Crippen LogP contribution in [0.3, 0.4) is 0 Å². The molecule has 0 atom stereocenters. The Morgan fingerprint density at radius 2 is 1.79 bits per heavy atom. The van der Waals surface area contributed by atoms with Crippen molar-refractivity contribution in [2.45, 2.75) is 6.92 Å². The molecule has 0 bridgehead atoms. The van der Waals surface area contributed by atoms with Gasteiger partial charge in [-0.05, 0) is 19.1 Å². The van der Waals surface area contributed by atoms with Crippen molar-refractivity contribution in [2.24, 2.45) is 0 Å². The standard InChI is InChI=1S/C12H9F4N3/c1-2-17-12-18-5-8(14)11(19-12)6-3-4-7(13)10(16)9(6)15/h3-5H,2H2,1H3,(H,17,18,19). The predicted octanol–water partition coefficient (Wildman–Crippen LogP) is 3.13. The molecule has 0 spiro atoms. The summed E-state index contributed by atoms with van der Waals surface area (Å²) in [6, 6.07) is 1.64. The fraction of sp³-hybridized carbons (Fsp3) is 0.167. The maximum atomic E-state index is 13.6. The van der Waals surface area contributed by atoms with Crippen LogP contribution >= 0.6 is 0 Å². The Bertz CT molecular complexity index is 616. The van der Waals surface area contributed by atoms with Crippen molar-refractivity contribution in [1.29, 1.82) is 0 Å². The van der Waals surface area contributed by atoms with Gasteiger partial charge < -0.3 is 5.32 Å². The van der Waals surface area contributed by atoms with Gasteiger partial charge in [0.05, 0.1) is 6.20 Å². The number of rotatable bonds is 3. The van der Waals surface area contributed by atoms with Crippen molar-refractivity contribution in [3.05, 3.63) is 41.6 Å². The summed E-state index contributed by atoms with van der Waals surface area (Å²) >= 11 is 0. The van der Waals surface area contributed by atoms with Gasteiger partial charge in [-0.25, -0.2) is 27.5 Å². The largest absolute Gasteiger partial charge is 0.354 e. The second kappa shape index (κ2) is 5.21. The average Bonchev–Trinajstić information content (AvgIpc) is 2.39. The lowest BCUT2D eigenvalue weighted by Gasteiger charge is -2.07. The third-order valence-electron chi connectivity index (χ3n) is 2.37. The van der Waals surface area contributed by atoms with Gasteiger partial charge >= 0.3 is 0 Å². The Morgan fingerprint density at radius 1 is 1.05 bits per heavy atom. The highest BCUT2D eigenvalue weighted by Gasteiger charge is 2.19. The lowest BCUT2D eigenvalue weighted by molar-refractivity contribution is 0.448. The first-order valence-electron chi connectivity index (χ1n) is 5.44. The van der Waals surface area contributed by atoms with Gasteiger partial charge in [0.1, 0.15) is 5.69 Å². The quantitative estimate of drug-likeness (QED) is 0.688. The normalized spacial score (nSPS) is 10.6. The molecule has 0 radical (unpaired) electrons. The van der Waals surface area contributed by atoms with Gasteiger partial charge in [0.2, 0.25) is 5.95 Å². The Balaban J connectivity index is 2.58. The first kappa shape index (κ1) is 13.3. The average molecular weight is 271 g/mol. The van der Waals surface area contributed by atoms with Gasteiger partial charge in [0, 0.05) is 12.1 Å². The summed E-state index contributed by atoms with van der Waals surface area (Å²) in [7, 11) is 0. The Labute approximate surface area is 106 Å². The van der Waals surface area contributed by atoms with Gasteiger partial charge in [0.15, 0.2) is 23.3 Å². The van der Waals surface area contributed by atoms with Crippen LogP contribution in [-0.4, -0.2) is 16.5 Å². The number of nitrogens with one attached hydrogen (secondary N) is 1. The topological polar surface area (TPSA) is 37.8 Å². The van der Waals surface area contributed by atoms with E-state index in [1.165, 1.54) is 0 Å². The van der Waals surface area contributed by atoms with E-state index in [1.807, 2.05) is 0 Å². The number of hydrogen-bond donors (Lipinski definition) is 1. The lowest BCUT2D eigenvalue weighted by atomic mass is 10.1. The SMILES string of the molecule is CCNc1ncc(F)c(-c2ccc(F)c(F)c2F)n1. The smallest absolute Gasteiger partial charge is 0.223 e. The molecule has 0 saturated carbocycles. The summed E-state index contributed by atoms with van der Waals surface area (Å²) in [6.45, 7) is 2.25. The summed E-state index contributed by atoms with van der Waals surface area (Å²) in [5.41, 5.74) is -0.889. The zero-order valence-corrected chi connectivity index (χ0v) is 9.85. The molecule has 1 aromatic heterocycles. The first-order chi connectivity index (χ1) is 9.04. The van der Waals surface area contributed by atoms with Gasteiger partial charge in [-0.15, -0.1) is 0 Å². The molecular formula is C12H9F4N3. The summed E-state index contributed by atoms with van der Waals surface area (Å²) in [5, 5.41) is 2.71. The van der Waals surface area contributed by atoms with Crippen molar-refractivity contribution < 1.29 is 17.6 Å². The molecule has 2 aromatic rings. The molecule has 0 aliphatic heterocycles. The molecule has 1 aromatic carbocycles. The molecule has 100 valence electrons. The summed E-state index contributed by atoms with van der Waals surface area (Å²) in [4.78, 5) is 7.37. The number of anilines is 1. The molecule has 0 unspecified atom stereocenters. The number of hydrogen-bond acceptors (Lipinski definition) is 3. The third-order valence-corrected chi connectivity index (χ3v) is 2.37. The van der Waals surface area contributed by atoms with Crippen LogP contribution < -0.4 is 5.32 Å². The molecular weight excluding hydrogens is 262 g/mol. The van der Waals surface area contributed by atoms with Crippen LogP contribution in [0.5, 0.6) is 0 Å². The first-order valence-corrected chi connectivity index (χ1v) is 5.44. The van der Waals surface area contributed by atoms with Crippen molar-refractivity contribution >= 4 is 5.95 Å². The fourth-order valence-electron chi connectivity index (χ4n) is 1.51. The van der Waals surface area contributed by atoms with Crippen LogP contribution in [0.4, 0.5) is 23.5 Å². The lowest BCUT2D eigenvalue weighted by Crippen LogP contribution is -2.05. The van der Waals surface area contributed by atoms with Crippen LogP contribution in [-0.2, 0) is 0 Å². The molecule has 0 amide bonds. The monoisotopic (exact) mass is 271 g/mol. The van der Waals surface area contributed by atoms with Gasteiger partial charge in [-0.3, -0.25) is 0 Å². The minimum atomic E-state index is -1.67. The van der Waals surface area contributed by atoms with Crippen LogP contribution in [0.25, 0.3) is 11.3 Å². The maximum Gasteiger partial charge on any atom is 0.223 e. The number of halogens is 4. The number of nitrogens with zero attached hydrogens (tertiary/aromatic N) is 2. The van der Waals surface area contributed by atoms with Crippen LogP contribution in [0, 0.1) is 23.3 Å².